The van der Waals surface area contributed by atoms with Gasteiger partial charge in [-0.25, -0.2) is 0 Å². The van der Waals surface area contributed by atoms with Gasteiger partial charge >= 0.3 is 0 Å². The predicted molar refractivity (Wildman–Crippen MR) is 113 cm³/mol. The maximum Gasteiger partial charge on any atom is 0.228 e. The number of benzene rings is 2. The number of rotatable bonds is 4. The number of ether oxygens (including phenoxy) is 1. The molecule has 152 valence electrons. The first-order valence-corrected chi connectivity index (χ1v) is 10.3. The highest BCUT2D eigenvalue weighted by Crippen LogP contribution is 2.38. The van der Waals surface area contributed by atoms with E-state index in [1.165, 1.54) is 11.1 Å². The molecule has 0 radical (unpaired) electrons. The number of nitrogens with zero attached hydrogens (tertiary/aromatic N) is 1. The van der Waals surface area contributed by atoms with Gasteiger partial charge in [0.05, 0.1) is 5.92 Å². The molecule has 1 saturated heterocycles. The van der Waals surface area contributed by atoms with E-state index in [1.54, 1.807) is 11.9 Å². The normalized spacial score (nSPS) is 20.8. The fourth-order valence-corrected chi connectivity index (χ4v) is 4.73. The molecule has 1 fully saturated rings. The van der Waals surface area contributed by atoms with Gasteiger partial charge in [-0.15, -0.1) is 0 Å². The second-order valence-electron chi connectivity index (χ2n) is 8.19. The van der Waals surface area contributed by atoms with E-state index in [0.717, 1.165) is 24.1 Å². The van der Waals surface area contributed by atoms with Crippen molar-refractivity contribution in [2.24, 2.45) is 0 Å². The molecule has 1 unspecified atom stereocenters. The van der Waals surface area contributed by atoms with E-state index < -0.39 is 5.92 Å². The lowest BCUT2D eigenvalue weighted by Crippen LogP contribution is -2.47. The molecule has 5 heteroatoms. The summed E-state index contributed by atoms with van der Waals surface area (Å²) in [5, 5.41) is 3.20. The SMILES string of the molecule is Cc1ccccc1C1(CNC(=O)C2CC(=O)N(C)c3ccccc32)CCOCC1. The summed E-state index contributed by atoms with van der Waals surface area (Å²) in [6.45, 7) is 4.07. The maximum absolute atomic E-state index is 13.2. The van der Waals surface area contributed by atoms with E-state index in [1.807, 2.05) is 30.3 Å². The molecule has 0 bridgehead atoms. The summed E-state index contributed by atoms with van der Waals surface area (Å²) in [4.78, 5) is 27.3. The van der Waals surface area contributed by atoms with Crippen LogP contribution in [-0.2, 0) is 19.7 Å². The summed E-state index contributed by atoms with van der Waals surface area (Å²) in [5.74, 6) is -0.537. The van der Waals surface area contributed by atoms with Gasteiger partial charge in [0.15, 0.2) is 0 Å². The zero-order chi connectivity index (χ0) is 20.4. The number of hydrogen-bond acceptors (Lipinski definition) is 3. The van der Waals surface area contributed by atoms with Gasteiger partial charge in [-0.2, -0.15) is 0 Å². The smallest absolute Gasteiger partial charge is 0.228 e. The van der Waals surface area contributed by atoms with Gasteiger partial charge in [-0.1, -0.05) is 42.5 Å². The van der Waals surface area contributed by atoms with E-state index in [9.17, 15) is 9.59 Å². The molecule has 5 nitrogen and oxygen atoms in total. The van der Waals surface area contributed by atoms with Crippen LogP contribution < -0.4 is 10.2 Å². The number of carbonyl (C=O) groups is 2. The highest BCUT2D eigenvalue weighted by molar-refractivity contribution is 6.02. The number of amides is 2. The number of carbonyl (C=O) groups excluding carboxylic acids is 2. The van der Waals surface area contributed by atoms with Crippen LogP contribution in [0.5, 0.6) is 0 Å². The number of fused-ring (bicyclic) bond motifs is 1. The lowest BCUT2D eigenvalue weighted by molar-refractivity contribution is -0.127. The molecule has 2 aliphatic rings. The van der Waals surface area contributed by atoms with Crippen LogP contribution in [0.4, 0.5) is 5.69 Å². The largest absolute Gasteiger partial charge is 0.381 e. The van der Waals surface area contributed by atoms with Gasteiger partial charge in [-0.05, 0) is 42.5 Å². The Hall–Kier alpha value is -2.66. The highest BCUT2D eigenvalue weighted by atomic mass is 16.5. The van der Waals surface area contributed by atoms with Crippen molar-refractivity contribution in [1.29, 1.82) is 0 Å². The van der Waals surface area contributed by atoms with Crippen molar-refractivity contribution in [3.05, 3.63) is 65.2 Å². The third kappa shape index (κ3) is 3.67. The van der Waals surface area contributed by atoms with Gasteiger partial charge in [0, 0.05) is 44.3 Å². The molecular formula is C24H28N2O3. The van der Waals surface area contributed by atoms with Crippen LogP contribution in [0.3, 0.4) is 0 Å². The van der Waals surface area contributed by atoms with Crippen LogP contribution in [-0.4, -0.2) is 38.6 Å². The Balaban J connectivity index is 1.57. The van der Waals surface area contributed by atoms with Crippen LogP contribution in [0.2, 0.25) is 0 Å². The zero-order valence-electron chi connectivity index (χ0n) is 17.1. The van der Waals surface area contributed by atoms with Crippen LogP contribution in [0.25, 0.3) is 0 Å². The second kappa shape index (κ2) is 7.99. The zero-order valence-corrected chi connectivity index (χ0v) is 17.1. The Morgan fingerprint density at radius 1 is 1.14 bits per heavy atom. The second-order valence-corrected chi connectivity index (χ2v) is 8.19. The first-order valence-electron chi connectivity index (χ1n) is 10.3. The van der Waals surface area contributed by atoms with Crippen molar-refractivity contribution in [2.75, 3.05) is 31.7 Å². The van der Waals surface area contributed by atoms with Gasteiger partial charge in [0.1, 0.15) is 0 Å². The van der Waals surface area contributed by atoms with Crippen molar-refractivity contribution in [3.8, 4) is 0 Å². The first-order chi connectivity index (χ1) is 14.0. The first kappa shape index (κ1) is 19.6. The Morgan fingerprint density at radius 3 is 2.59 bits per heavy atom. The van der Waals surface area contributed by atoms with Crippen LogP contribution in [0.15, 0.2) is 48.5 Å². The van der Waals surface area contributed by atoms with Crippen molar-refractivity contribution < 1.29 is 14.3 Å². The van der Waals surface area contributed by atoms with Crippen LogP contribution >= 0.6 is 0 Å². The Kier molecular flexibility index (Phi) is 5.41. The molecular weight excluding hydrogens is 364 g/mol. The van der Waals surface area contributed by atoms with E-state index in [4.69, 9.17) is 4.74 Å². The molecule has 29 heavy (non-hydrogen) atoms. The number of aryl methyl sites for hydroxylation is 1. The fourth-order valence-electron chi connectivity index (χ4n) is 4.73. The topological polar surface area (TPSA) is 58.6 Å². The Labute approximate surface area is 172 Å². The van der Waals surface area contributed by atoms with Gasteiger partial charge < -0.3 is 15.0 Å². The average molecular weight is 392 g/mol. The summed E-state index contributed by atoms with van der Waals surface area (Å²) in [7, 11) is 1.77. The maximum atomic E-state index is 13.2. The minimum atomic E-state index is -0.441. The minimum absolute atomic E-state index is 0.0245. The Bertz CT molecular complexity index is 918. The lowest BCUT2D eigenvalue weighted by Gasteiger charge is -2.39. The molecule has 2 amide bonds. The lowest BCUT2D eigenvalue weighted by atomic mass is 9.72. The molecule has 2 heterocycles. The summed E-state index contributed by atoms with van der Waals surface area (Å²) >= 11 is 0. The van der Waals surface area contributed by atoms with E-state index in [2.05, 4.69) is 30.4 Å². The van der Waals surface area contributed by atoms with Gasteiger partial charge in [0.25, 0.3) is 0 Å². The standard InChI is InChI=1S/C24H28N2O3/c1-17-7-3-5-9-20(17)24(11-13-29-14-12-24)16-25-23(28)19-15-22(27)26(2)21-10-6-4-8-18(19)21/h3-10,19H,11-16H2,1-2H3,(H,25,28). The predicted octanol–water partition coefficient (Wildman–Crippen LogP) is 3.31. The monoisotopic (exact) mass is 392 g/mol. The number of hydrogen-bond donors (Lipinski definition) is 1. The molecule has 1 atom stereocenters. The third-order valence-corrected chi connectivity index (χ3v) is 6.51. The van der Waals surface area contributed by atoms with E-state index in [-0.39, 0.29) is 23.7 Å². The Morgan fingerprint density at radius 2 is 1.83 bits per heavy atom. The van der Waals surface area contributed by atoms with E-state index in [0.29, 0.717) is 19.8 Å². The molecule has 0 spiro atoms. The van der Waals surface area contributed by atoms with Gasteiger partial charge in [0.2, 0.25) is 11.8 Å². The highest BCUT2D eigenvalue weighted by Gasteiger charge is 2.38. The molecule has 0 saturated carbocycles. The number of nitrogens with one attached hydrogen (secondary N) is 1. The van der Waals surface area contributed by atoms with Crippen LogP contribution in [0.1, 0.15) is 41.9 Å². The molecule has 4 rings (SSSR count). The summed E-state index contributed by atoms with van der Waals surface area (Å²) in [5.41, 5.74) is 4.13. The summed E-state index contributed by atoms with van der Waals surface area (Å²) in [6, 6.07) is 16.1. The molecule has 0 aromatic heterocycles. The van der Waals surface area contributed by atoms with Crippen molar-refractivity contribution >= 4 is 17.5 Å². The quantitative estimate of drug-likeness (QED) is 0.869. The molecule has 2 aromatic rings. The molecule has 2 aromatic carbocycles. The average Bonchev–Trinajstić information content (AvgIpc) is 2.75. The van der Waals surface area contributed by atoms with Crippen LogP contribution in [0, 0.1) is 6.92 Å². The molecule has 2 aliphatic heterocycles. The number of anilines is 1. The van der Waals surface area contributed by atoms with Crippen molar-refractivity contribution in [3.63, 3.8) is 0 Å². The third-order valence-electron chi connectivity index (χ3n) is 6.51. The number of para-hydroxylation sites is 1. The van der Waals surface area contributed by atoms with Gasteiger partial charge in [-0.3, -0.25) is 9.59 Å². The van der Waals surface area contributed by atoms with Crippen molar-refractivity contribution in [2.45, 2.75) is 37.5 Å². The summed E-state index contributed by atoms with van der Waals surface area (Å²) in [6.07, 6.45) is 1.96. The molecule has 0 aliphatic carbocycles. The minimum Gasteiger partial charge on any atom is -0.381 e. The molecule has 1 N–H and O–H groups in total. The summed E-state index contributed by atoms with van der Waals surface area (Å²) < 4.78 is 5.62. The van der Waals surface area contributed by atoms with Crippen molar-refractivity contribution in [1.82, 2.24) is 5.32 Å². The van der Waals surface area contributed by atoms with E-state index >= 15 is 0 Å². The fraction of sp³-hybridized carbons (Fsp3) is 0.417.